The summed E-state index contributed by atoms with van der Waals surface area (Å²) in [5.74, 6) is 0.880. The van der Waals surface area contributed by atoms with Crippen molar-refractivity contribution in [1.29, 1.82) is 0 Å². The van der Waals surface area contributed by atoms with Crippen LogP contribution >= 0.6 is 0 Å². The van der Waals surface area contributed by atoms with Crippen LogP contribution in [0.15, 0.2) is 36.7 Å². The molecular weight excluding hydrogens is 316 g/mol. The smallest absolute Gasteiger partial charge is 0.315 e. The number of anilines is 1. The third-order valence-electron chi connectivity index (χ3n) is 4.59. The van der Waals surface area contributed by atoms with Crippen molar-refractivity contribution in [3.05, 3.63) is 42.4 Å². The Kier molecular flexibility index (Phi) is 5.53. The van der Waals surface area contributed by atoms with Crippen LogP contribution in [0.1, 0.15) is 37.4 Å². The van der Waals surface area contributed by atoms with Crippen molar-refractivity contribution in [2.75, 3.05) is 19.0 Å². The first-order valence-corrected chi connectivity index (χ1v) is 8.80. The summed E-state index contributed by atoms with van der Waals surface area (Å²) in [6.07, 6.45) is 8.08. The third-order valence-corrected chi connectivity index (χ3v) is 4.59. The van der Waals surface area contributed by atoms with Gasteiger partial charge in [-0.25, -0.2) is 9.78 Å². The maximum absolute atomic E-state index is 12.3. The first kappa shape index (κ1) is 17.3. The average Bonchev–Trinajstić information content (AvgIpc) is 3.15. The van der Waals surface area contributed by atoms with Crippen LogP contribution in [0, 0.1) is 0 Å². The van der Waals surface area contributed by atoms with Crippen LogP contribution in [0.25, 0.3) is 0 Å². The van der Waals surface area contributed by atoms with Gasteiger partial charge in [-0.15, -0.1) is 0 Å². The number of nitrogens with one attached hydrogen (secondary N) is 2. The molecule has 1 aliphatic rings. The largest absolute Gasteiger partial charge is 0.363 e. The van der Waals surface area contributed by atoms with Gasteiger partial charge in [0.15, 0.2) is 0 Å². The van der Waals surface area contributed by atoms with Crippen molar-refractivity contribution >= 4 is 11.8 Å². The lowest BCUT2D eigenvalue weighted by molar-refractivity contribution is 0.213. The highest BCUT2D eigenvalue weighted by atomic mass is 16.2. The van der Waals surface area contributed by atoms with E-state index in [1.165, 1.54) is 6.42 Å². The zero-order valence-electron chi connectivity index (χ0n) is 14.9. The molecule has 2 atom stereocenters. The summed E-state index contributed by atoms with van der Waals surface area (Å²) in [5, 5.41) is 10.4. The quantitative estimate of drug-likeness (QED) is 0.874. The molecule has 25 heavy (non-hydrogen) atoms. The van der Waals surface area contributed by atoms with Gasteiger partial charge in [0, 0.05) is 26.5 Å². The number of hydrogen-bond donors (Lipinski definition) is 2. The van der Waals surface area contributed by atoms with Crippen LogP contribution in [0.3, 0.4) is 0 Å². The molecule has 0 aromatic carbocycles. The Hall–Kier alpha value is -2.57. The second kappa shape index (κ2) is 8.00. The highest BCUT2D eigenvalue weighted by Crippen LogP contribution is 2.27. The second-order valence-electron chi connectivity index (χ2n) is 6.65. The highest BCUT2D eigenvalue weighted by Gasteiger charge is 2.28. The van der Waals surface area contributed by atoms with Crippen LogP contribution in [0.4, 0.5) is 10.6 Å². The number of urea groups is 1. The van der Waals surface area contributed by atoms with Gasteiger partial charge in [-0.3, -0.25) is 4.68 Å². The molecule has 0 radical (unpaired) electrons. The van der Waals surface area contributed by atoms with Crippen molar-refractivity contribution in [2.45, 2.75) is 44.3 Å². The molecule has 0 unspecified atom stereocenters. The van der Waals surface area contributed by atoms with E-state index in [1.807, 2.05) is 54.1 Å². The van der Waals surface area contributed by atoms with Crippen molar-refractivity contribution in [3.8, 4) is 0 Å². The molecule has 2 amide bonds. The lowest BCUT2D eigenvalue weighted by atomic mass is 9.90. The number of hydrogen-bond acceptors (Lipinski definition) is 4. The first-order valence-electron chi connectivity index (χ1n) is 8.80. The minimum absolute atomic E-state index is 0.106. The summed E-state index contributed by atoms with van der Waals surface area (Å²) < 4.78 is 1.96. The lowest BCUT2D eigenvalue weighted by Gasteiger charge is -2.32. The maximum Gasteiger partial charge on any atom is 0.315 e. The van der Waals surface area contributed by atoms with E-state index in [0.29, 0.717) is 6.54 Å². The highest BCUT2D eigenvalue weighted by molar-refractivity contribution is 5.74. The van der Waals surface area contributed by atoms with Gasteiger partial charge in [0.1, 0.15) is 5.82 Å². The fourth-order valence-electron chi connectivity index (χ4n) is 3.28. The zero-order valence-corrected chi connectivity index (χ0v) is 14.9. The molecule has 0 aliphatic heterocycles. The monoisotopic (exact) mass is 342 g/mol. The van der Waals surface area contributed by atoms with E-state index >= 15 is 0 Å². The Morgan fingerprint density at radius 1 is 1.28 bits per heavy atom. The molecule has 2 aromatic heterocycles. The summed E-state index contributed by atoms with van der Waals surface area (Å²) in [6, 6.07) is 7.92. The first-order chi connectivity index (χ1) is 12.1. The van der Waals surface area contributed by atoms with Gasteiger partial charge in [0.25, 0.3) is 0 Å². The van der Waals surface area contributed by atoms with E-state index in [2.05, 4.69) is 20.7 Å². The van der Waals surface area contributed by atoms with E-state index in [0.717, 1.165) is 30.8 Å². The fourth-order valence-corrected chi connectivity index (χ4v) is 3.28. The topological polar surface area (TPSA) is 75.1 Å². The molecule has 2 heterocycles. The van der Waals surface area contributed by atoms with E-state index in [1.54, 1.807) is 6.20 Å². The minimum Gasteiger partial charge on any atom is -0.363 e. The minimum atomic E-state index is -0.152. The van der Waals surface area contributed by atoms with Crippen LogP contribution < -0.4 is 15.5 Å². The molecule has 7 nitrogen and oxygen atoms in total. The maximum atomic E-state index is 12.3. The Bertz CT molecular complexity index is 685. The zero-order chi connectivity index (χ0) is 17.6. The standard InChI is InChI=1S/C18H26N6O/c1-23(2)17-10-5-7-14(21-17)13-19-18(25)22-15-8-3-4-9-16(15)24-12-6-11-20-24/h5-7,10-12,15-16H,3-4,8-9,13H2,1-2H3,(H2,19,22,25)/t15-,16-/m0/s1. The number of pyridine rings is 1. The Morgan fingerprint density at radius 2 is 2.12 bits per heavy atom. The number of rotatable bonds is 5. The number of amides is 2. The Balaban J connectivity index is 1.55. The summed E-state index contributed by atoms with van der Waals surface area (Å²) in [6.45, 7) is 0.409. The second-order valence-corrected chi connectivity index (χ2v) is 6.65. The van der Waals surface area contributed by atoms with Crippen LogP contribution in [-0.4, -0.2) is 40.9 Å². The molecule has 0 saturated heterocycles. The molecule has 1 aliphatic carbocycles. The molecular formula is C18H26N6O. The number of carbonyl (C=O) groups excluding carboxylic acids is 1. The van der Waals surface area contributed by atoms with Gasteiger partial charge in [-0.05, 0) is 31.0 Å². The van der Waals surface area contributed by atoms with Crippen molar-refractivity contribution in [2.24, 2.45) is 0 Å². The van der Waals surface area contributed by atoms with Gasteiger partial charge >= 0.3 is 6.03 Å². The summed E-state index contributed by atoms with van der Waals surface area (Å²) >= 11 is 0. The van der Waals surface area contributed by atoms with E-state index in [9.17, 15) is 4.79 Å². The summed E-state index contributed by atoms with van der Waals surface area (Å²) in [7, 11) is 3.90. The van der Waals surface area contributed by atoms with E-state index in [-0.39, 0.29) is 18.1 Å². The van der Waals surface area contributed by atoms with Crippen LogP contribution in [-0.2, 0) is 6.54 Å². The molecule has 134 valence electrons. The van der Waals surface area contributed by atoms with Gasteiger partial charge in [0.05, 0.1) is 24.3 Å². The number of nitrogens with zero attached hydrogens (tertiary/aromatic N) is 4. The summed E-state index contributed by atoms with van der Waals surface area (Å²) in [5.41, 5.74) is 0.841. The number of aromatic nitrogens is 3. The van der Waals surface area contributed by atoms with E-state index < -0.39 is 0 Å². The van der Waals surface area contributed by atoms with Gasteiger partial charge in [-0.1, -0.05) is 18.9 Å². The molecule has 7 heteroatoms. The molecule has 3 rings (SSSR count). The fraction of sp³-hybridized carbons (Fsp3) is 0.500. The van der Waals surface area contributed by atoms with Gasteiger partial charge in [-0.2, -0.15) is 5.10 Å². The molecule has 1 fully saturated rings. The molecule has 1 saturated carbocycles. The predicted molar refractivity (Wildman–Crippen MR) is 97.5 cm³/mol. The van der Waals surface area contributed by atoms with Crippen molar-refractivity contribution < 1.29 is 4.79 Å². The average molecular weight is 342 g/mol. The lowest BCUT2D eigenvalue weighted by Crippen LogP contribution is -2.47. The van der Waals surface area contributed by atoms with Crippen molar-refractivity contribution in [3.63, 3.8) is 0 Å². The Labute approximate surface area is 148 Å². The number of carbonyl (C=O) groups is 1. The molecule has 2 aromatic rings. The SMILES string of the molecule is CN(C)c1cccc(CNC(=O)N[C@H]2CCCC[C@@H]2n2cccn2)n1. The van der Waals surface area contributed by atoms with Gasteiger partial charge < -0.3 is 15.5 Å². The normalized spacial score (nSPS) is 20.1. The van der Waals surface area contributed by atoms with E-state index in [4.69, 9.17) is 0 Å². The Morgan fingerprint density at radius 3 is 2.88 bits per heavy atom. The van der Waals surface area contributed by atoms with Crippen molar-refractivity contribution in [1.82, 2.24) is 25.4 Å². The summed E-state index contributed by atoms with van der Waals surface area (Å²) in [4.78, 5) is 18.8. The molecule has 0 spiro atoms. The molecule has 2 N–H and O–H groups in total. The molecule has 0 bridgehead atoms. The van der Waals surface area contributed by atoms with Gasteiger partial charge in [0.2, 0.25) is 0 Å². The predicted octanol–water partition coefficient (Wildman–Crippen LogP) is 2.33. The third kappa shape index (κ3) is 4.49. The van der Waals surface area contributed by atoms with Crippen LogP contribution in [0.2, 0.25) is 0 Å². The van der Waals surface area contributed by atoms with Crippen LogP contribution in [0.5, 0.6) is 0 Å².